The van der Waals surface area contributed by atoms with Gasteiger partial charge in [-0.2, -0.15) is 5.10 Å². The third kappa shape index (κ3) is 3.77. The van der Waals surface area contributed by atoms with E-state index in [1.807, 2.05) is 0 Å². The quantitative estimate of drug-likeness (QED) is 0.680. The second-order valence-corrected chi connectivity index (χ2v) is 4.72. The van der Waals surface area contributed by atoms with Crippen LogP contribution in [0, 0.1) is 0 Å². The Morgan fingerprint density at radius 1 is 1.09 bits per heavy atom. The zero-order chi connectivity index (χ0) is 15.9. The number of halogens is 1. The van der Waals surface area contributed by atoms with Gasteiger partial charge in [0.15, 0.2) is 0 Å². The molecule has 2 aromatic carbocycles. The van der Waals surface area contributed by atoms with Crippen molar-refractivity contribution in [2.24, 2.45) is 5.10 Å². The molecule has 1 N–H and O–H groups in total. The highest BCUT2D eigenvalue weighted by Crippen LogP contribution is 2.26. The van der Waals surface area contributed by atoms with Gasteiger partial charge < -0.3 is 9.47 Å². The third-order valence-electron chi connectivity index (χ3n) is 2.93. The molecule has 0 fully saturated rings. The van der Waals surface area contributed by atoms with Crippen LogP contribution in [0.5, 0.6) is 11.5 Å². The fourth-order valence-electron chi connectivity index (χ4n) is 1.83. The zero-order valence-electron chi connectivity index (χ0n) is 12.2. The van der Waals surface area contributed by atoms with Crippen LogP contribution in [-0.4, -0.2) is 26.3 Å². The number of nitrogens with one attached hydrogen (secondary N) is 1. The minimum Gasteiger partial charge on any atom is -0.496 e. The van der Waals surface area contributed by atoms with Crippen LogP contribution in [0.4, 0.5) is 0 Å². The number of hydrazone groups is 1. The van der Waals surface area contributed by atoms with Gasteiger partial charge in [-0.15, -0.1) is 0 Å². The third-order valence-corrected chi connectivity index (χ3v) is 3.18. The molecule has 114 valence electrons. The zero-order valence-corrected chi connectivity index (χ0v) is 12.9. The molecule has 0 unspecified atom stereocenters. The molecule has 1 amide bonds. The summed E-state index contributed by atoms with van der Waals surface area (Å²) in [5.74, 6) is 0.870. The molecule has 0 bridgehead atoms. The Morgan fingerprint density at radius 2 is 1.68 bits per heavy atom. The molecule has 2 aromatic rings. The molecule has 0 aliphatic rings. The SMILES string of the molecule is COc1cccc(OC)c1/C=N\NC(=O)c1ccc(Cl)cc1. The van der Waals surface area contributed by atoms with Crippen molar-refractivity contribution in [3.05, 3.63) is 58.6 Å². The van der Waals surface area contributed by atoms with E-state index >= 15 is 0 Å². The summed E-state index contributed by atoms with van der Waals surface area (Å²) in [6.07, 6.45) is 1.48. The Labute approximate surface area is 133 Å². The molecule has 0 aromatic heterocycles. The molecule has 5 nitrogen and oxygen atoms in total. The predicted molar refractivity (Wildman–Crippen MR) is 86.1 cm³/mol. The predicted octanol–water partition coefficient (Wildman–Crippen LogP) is 3.12. The summed E-state index contributed by atoms with van der Waals surface area (Å²) in [7, 11) is 3.11. The van der Waals surface area contributed by atoms with Crippen molar-refractivity contribution in [2.45, 2.75) is 0 Å². The number of benzene rings is 2. The summed E-state index contributed by atoms with van der Waals surface area (Å²) in [6.45, 7) is 0. The van der Waals surface area contributed by atoms with Crippen LogP contribution in [0.1, 0.15) is 15.9 Å². The van der Waals surface area contributed by atoms with Gasteiger partial charge in [-0.25, -0.2) is 5.43 Å². The van der Waals surface area contributed by atoms with Gasteiger partial charge in [0.2, 0.25) is 0 Å². The van der Waals surface area contributed by atoms with Gasteiger partial charge in [-0.3, -0.25) is 4.79 Å². The van der Waals surface area contributed by atoms with Crippen LogP contribution in [0.25, 0.3) is 0 Å². The average Bonchev–Trinajstić information content (AvgIpc) is 2.55. The summed E-state index contributed by atoms with van der Waals surface area (Å²) in [5.41, 5.74) is 3.55. The summed E-state index contributed by atoms with van der Waals surface area (Å²) in [4.78, 5) is 11.9. The van der Waals surface area contributed by atoms with Crippen molar-refractivity contribution in [2.75, 3.05) is 14.2 Å². The number of amides is 1. The van der Waals surface area contributed by atoms with E-state index in [1.54, 1.807) is 56.7 Å². The Kier molecular flexibility index (Phi) is 5.38. The number of nitrogens with zero attached hydrogens (tertiary/aromatic N) is 1. The number of hydrogen-bond donors (Lipinski definition) is 1. The maximum atomic E-state index is 11.9. The van der Waals surface area contributed by atoms with Crippen LogP contribution < -0.4 is 14.9 Å². The number of rotatable bonds is 5. The first-order valence-corrected chi connectivity index (χ1v) is 6.83. The van der Waals surface area contributed by atoms with Gasteiger partial charge in [0.1, 0.15) is 11.5 Å². The topological polar surface area (TPSA) is 59.9 Å². The molecule has 0 radical (unpaired) electrons. The van der Waals surface area contributed by atoms with E-state index in [0.717, 1.165) is 0 Å². The second-order valence-electron chi connectivity index (χ2n) is 4.28. The van der Waals surface area contributed by atoms with Gasteiger partial charge in [-0.05, 0) is 36.4 Å². The van der Waals surface area contributed by atoms with E-state index < -0.39 is 0 Å². The molecule has 0 aliphatic heterocycles. The highest BCUT2D eigenvalue weighted by molar-refractivity contribution is 6.30. The lowest BCUT2D eigenvalue weighted by Gasteiger charge is -2.09. The molecule has 0 aliphatic carbocycles. The van der Waals surface area contributed by atoms with Crippen molar-refractivity contribution in [1.29, 1.82) is 0 Å². The van der Waals surface area contributed by atoms with E-state index in [-0.39, 0.29) is 5.91 Å². The van der Waals surface area contributed by atoms with Gasteiger partial charge in [0, 0.05) is 10.6 Å². The minimum absolute atomic E-state index is 0.332. The van der Waals surface area contributed by atoms with Crippen molar-refractivity contribution in [1.82, 2.24) is 5.43 Å². The fraction of sp³-hybridized carbons (Fsp3) is 0.125. The summed E-state index contributed by atoms with van der Waals surface area (Å²) in [5, 5.41) is 4.51. The van der Waals surface area contributed by atoms with E-state index in [2.05, 4.69) is 10.5 Å². The van der Waals surface area contributed by atoms with Gasteiger partial charge in [0.25, 0.3) is 5.91 Å². The lowest BCUT2D eigenvalue weighted by molar-refractivity contribution is 0.0955. The Bertz CT molecular complexity index is 662. The van der Waals surface area contributed by atoms with E-state index in [1.165, 1.54) is 6.21 Å². The summed E-state index contributed by atoms with van der Waals surface area (Å²) in [6, 6.07) is 11.9. The standard InChI is InChI=1S/C16H15ClN2O3/c1-21-14-4-3-5-15(22-2)13(14)10-18-19-16(20)11-6-8-12(17)9-7-11/h3-10H,1-2H3,(H,19,20)/b18-10-. The monoisotopic (exact) mass is 318 g/mol. The van der Waals surface area contributed by atoms with Gasteiger partial charge in [0.05, 0.1) is 26.0 Å². The largest absolute Gasteiger partial charge is 0.496 e. The van der Waals surface area contributed by atoms with Crippen molar-refractivity contribution < 1.29 is 14.3 Å². The van der Waals surface area contributed by atoms with Crippen molar-refractivity contribution >= 4 is 23.7 Å². The normalized spacial score (nSPS) is 10.5. The van der Waals surface area contributed by atoms with Gasteiger partial charge in [-0.1, -0.05) is 17.7 Å². The number of carbonyl (C=O) groups is 1. The first-order chi connectivity index (χ1) is 10.7. The highest BCUT2D eigenvalue weighted by atomic mass is 35.5. The average molecular weight is 319 g/mol. The first-order valence-electron chi connectivity index (χ1n) is 6.45. The first kappa shape index (κ1) is 15.9. The maximum absolute atomic E-state index is 11.9. The number of hydrogen-bond acceptors (Lipinski definition) is 4. The van der Waals surface area contributed by atoms with Crippen molar-refractivity contribution in [3.8, 4) is 11.5 Å². The molecule has 0 spiro atoms. The van der Waals surface area contributed by atoms with Crippen LogP contribution in [0.15, 0.2) is 47.6 Å². The molecular formula is C16H15ClN2O3. The van der Waals surface area contributed by atoms with Gasteiger partial charge >= 0.3 is 0 Å². The molecule has 6 heteroatoms. The van der Waals surface area contributed by atoms with E-state index in [4.69, 9.17) is 21.1 Å². The van der Waals surface area contributed by atoms with Crippen LogP contribution in [0.2, 0.25) is 5.02 Å². The molecule has 0 heterocycles. The minimum atomic E-state index is -0.332. The molecule has 0 saturated heterocycles. The molecule has 2 rings (SSSR count). The van der Waals surface area contributed by atoms with Crippen LogP contribution >= 0.6 is 11.6 Å². The molecular weight excluding hydrogens is 304 g/mol. The second kappa shape index (κ2) is 7.47. The Hall–Kier alpha value is -2.53. The number of ether oxygens (including phenoxy) is 2. The smallest absolute Gasteiger partial charge is 0.271 e. The summed E-state index contributed by atoms with van der Waals surface area (Å²) < 4.78 is 10.5. The van der Waals surface area contributed by atoms with Crippen LogP contribution in [0.3, 0.4) is 0 Å². The highest BCUT2D eigenvalue weighted by Gasteiger charge is 2.08. The maximum Gasteiger partial charge on any atom is 0.271 e. The number of carbonyl (C=O) groups excluding carboxylic acids is 1. The molecule has 0 saturated carbocycles. The van der Waals surface area contributed by atoms with Crippen molar-refractivity contribution in [3.63, 3.8) is 0 Å². The lowest BCUT2D eigenvalue weighted by Crippen LogP contribution is -2.17. The lowest BCUT2D eigenvalue weighted by atomic mass is 10.2. The molecule has 22 heavy (non-hydrogen) atoms. The molecule has 0 atom stereocenters. The number of methoxy groups -OCH3 is 2. The van der Waals surface area contributed by atoms with Crippen LogP contribution in [-0.2, 0) is 0 Å². The fourth-order valence-corrected chi connectivity index (χ4v) is 1.95. The van der Waals surface area contributed by atoms with E-state index in [9.17, 15) is 4.79 Å². The Morgan fingerprint density at radius 3 is 2.23 bits per heavy atom. The Balaban J connectivity index is 2.12. The van der Waals surface area contributed by atoms with E-state index in [0.29, 0.717) is 27.6 Å². The summed E-state index contributed by atoms with van der Waals surface area (Å²) >= 11 is 5.78.